The molecule has 2 aliphatic rings. The highest BCUT2D eigenvalue weighted by Crippen LogP contribution is 2.29. The number of methoxy groups -OCH3 is 1. The monoisotopic (exact) mass is 489 g/mol. The van der Waals surface area contributed by atoms with E-state index in [1.54, 1.807) is 16.7 Å². The number of piperidine rings is 1. The first-order valence-electron chi connectivity index (χ1n) is 12.3. The van der Waals surface area contributed by atoms with Gasteiger partial charge in [-0.3, -0.25) is 9.59 Å². The van der Waals surface area contributed by atoms with Crippen LogP contribution >= 0.6 is 0 Å². The van der Waals surface area contributed by atoms with E-state index in [2.05, 4.69) is 21.7 Å². The molecule has 5 rings (SSSR count). The van der Waals surface area contributed by atoms with Crippen LogP contribution in [0.3, 0.4) is 0 Å². The van der Waals surface area contributed by atoms with Gasteiger partial charge in [-0.15, -0.1) is 5.10 Å². The van der Waals surface area contributed by atoms with Gasteiger partial charge in [-0.1, -0.05) is 23.4 Å². The van der Waals surface area contributed by atoms with Gasteiger partial charge in [0.1, 0.15) is 11.9 Å². The van der Waals surface area contributed by atoms with E-state index in [4.69, 9.17) is 9.47 Å². The smallest absolute Gasteiger partial charge is 0.276 e. The van der Waals surface area contributed by atoms with Crippen LogP contribution in [0.4, 0.5) is 5.69 Å². The number of anilines is 1. The van der Waals surface area contributed by atoms with Crippen molar-refractivity contribution >= 4 is 17.5 Å². The number of likely N-dealkylation sites (tertiary alicyclic amines) is 1. The number of nitrogens with zero attached hydrogens (tertiary/aromatic N) is 4. The zero-order chi connectivity index (χ0) is 25.2. The maximum atomic E-state index is 13.2. The molecule has 0 radical (unpaired) electrons. The summed E-state index contributed by atoms with van der Waals surface area (Å²) in [5, 5.41) is 11.5. The van der Waals surface area contributed by atoms with Crippen LogP contribution in [0.15, 0.2) is 42.5 Å². The van der Waals surface area contributed by atoms with Gasteiger partial charge in [-0.2, -0.15) is 0 Å². The Bertz CT molecular complexity index is 1240. The minimum Gasteiger partial charge on any atom is -0.497 e. The highest BCUT2D eigenvalue weighted by atomic mass is 16.5. The van der Waals surface area contributed by atoms with Crippen molar-refractivity contribution in [3.8, 4) is 5.75 Å². The molecule has 1 N–H and O–H groups in total. The van der Waals surface area contributed by atoms with Crippen LogP contribution in [0.1, 0.15) is 51.8 Å². The Hall–Kier alpha value is -3.72. The van der Waals surface area contributed by atoms with E-state index in [-0.39, 0.29) is 30.4 Å². The topological polar surface area (TPSA) is 98.6 Å². The highest BCUT2D eigenvalue weighted by molar-refractivity contribution is 5.95. The van der Waals surface area contributed by atoms with Crippen molar-refractivity contribution in [1.29, 1.82) is 0 Å². The minimum absolute atomic E-state index is 0.00566. The van der Waals surface area contributed by atoms with Gasteiger partial charge in [-0.25, -0.2) is 4.68 Å². The van der Waals surface area contributed by atoms with E-state index < -0.39 is 0 Å². The van der Waals surface area contributed by atoms with E-state index in [0.717, 1.165) is 28.1 Å². The summed E-state index contributed by atoms with van der Waals surface area (Å²) in [6, 6.07) is 13.8. The molecule has 0 unspecified atom stereocenters. The normalized spacial score (nSPS) is 18.0. The van der Waals surface area contributed by atoms with Crippen molar-refractivity contribution in [3.63, 3.8) is 0 Å². The van der Waals surface area contributed by atoms with E-state index in [0.29, 0.717) is 43.9 Å². The van der Waals surface area contributed by atoms with Gasteiger partial charge in [-0.05, 0) is 67.6 Å². The average Bonchev–Trinajstić information content (AvgIpc) is 3.31. The molecule has 0 bridgehead atoms. The Morgan fingerprint density at radius 1 is 1.06 bits per heavy atom. The van der Waals surface area contributed by atoms with Crippen LogP contribution in [-0.4, -0.2) is 51.9 Å². The number of aromatic nitrogens is 3. The summed E-state index contributed by atoms with van der Waals surface area (Å²) in [6.45, 7) is 5.79. The third-order valence-corrected chi connectivity index (χ3v) is 6.93. The van der Waals surface area contributed by atoms with Crippen LogP contribution in [0.5, 0.6) is 5.75 Å². The van der Waals surface area contributed by atoms with Gasteiger partial charge in [0.05, 0.1) is 26.0 Å². The standard InChI is InChI=1S/C27H31N5O4/c1-17-12-18(2)14-21(13-17)28-26(33)20-8-10-31(11-9-20)27(34)25-23-16-36-24(15-32(23)30-29-25)19-4-6-22(35-3)7-5-19/h4-7,12-14,20,24H,8-11,15-16H2,1-3H3,(H,28,33)/t24-/m1/s1. The van der Waals surface area contributed by atoms with Gasteiger partial charge >= 0.3 is 0 Å². The van der Waals surface area contributed by atoms with Crippen LogP contribution in [0.2, 0.25) is 0 Å². The summed E-state index contributed by atoms with van der Waals surface area (Å²) >= 11 is 0. The van der Waals surface area contributed by atoms with Crippen molar-refractivity contribution < 1.29 is 19.1 Å². The van der Waals surface area contributed by atoms with E-state index in [9.17, 15) is 9.59 Å². The summed E-state index contributed by atoms with van der Waals surface area (Å²) in [4.78, 5) is 27.8. The number of ether oxygens (including phenoxy) is 2. The SMILES string of the molecule is COc1ccc([C@H]2Cn3nnc(C(=O)N4CCC(C(=O)Nc5cc(C)cc(C)c5)CC4)c3CO2)cc1. The first-order valence-corrected chi connectivity index (χ1v) is 12.3. The second kappa shape index (κ2) is 10.1. The highest BCUT2D eigenvalue weighted by Gasteiger charge is 2.33. The van der Waals surface area contributed by atoms with Crippen LogP contribution in [0, 0.1) is 19.8 Å². The van der Waals surface area contributed by atoms with E-state index in [1.807, 2.05) is 50.2 Å². The Labute approximate surface area is 210 Å². The number of hydrogen-bond donors (Lipinski definition) is 1. The van der Waals surface area contributed by atoms with Gasteiger partial charge in [0, 0.05) is 24.7 Å². The van der Waals surface area contributed by atoms with Gasteiger partial charge in [0.25, 0.3) is 5.91 Å². The molecule has 9 nitrogen and oxygen atoms in total. The number of fused-ring (bicyclic) bond motifs is 1. The molecule has 0 aliphatic carbocycles. The summed E-state index contributed by atoms with van der Waals surface area (Å²) in [5.41, 5.74) is 5.09. The molecule has 188 valence electrons. The summed E-state index contributed by atoms with van der Waals surface area (Å²) in [5.74, 6) is 0.509. The molecular weight excluding hydrogens is 458 g/mol. The number of amides is 2. The number of hydrogen-bond acceptors (Lipinski definition) is 6. The maximum absolute atomic E-state index is 13.2. The molecule has 1 aromatic heterocycles. The lowest BCUT2D eigenvalue weighted by atomic mass is 9.95. The van der Waals surface area contributed by atoms with Crippen LogP contribution in [-0.2, 0) is 22.7 Å². The fraction of sp³-hybridized carbons (Fsp3) is 0.407. The molecule has 2 aliphatic heterocycles. The van der Waals surface area contributed by atoms with Crippen molar-refractivity contribution in [1.82, 2.24) is 19.9 Å². The lowest BCUT2D eigenvalue weighted by Crippen LogP contribution is -2.42. The molecule has 3 aromatic rings. The minimum atomic E-state index is -0.167. The number of carbonyl (C=O) groups excluding carboxylic acids is 2. The maximum Gasteiger partial charge on any atom is 0.276 e. The Morgan fingerprint density at radius 2 is 1.75 bits per heavy atom. The van der Waals surface area contributed by atoms with E-state index in [1.165, 1.54) is 0 Å². The number of carbonyl (C=O) groups is 2. The second-order valence-electron chi connectivity index (χ2n) is 9.57. The zero-order valence-electron chi connectivity index (χ0n) is 20.9. The second-order valence-corrected chi connectivity index (χ2v) is 9.57. The predicted octanol–water partition coefficient (Wildman–Crippen LogP) is 3.67. The molecule has 0 saturated carbocycles. The Morgan fingerprint density at radius 3 is 2.42 bits per heavy atom. The molecule has 2 amide bonds. The first-order chi connectivity index (χ1) is 17.4. The number of aryl methyl sites for hydroxylation is 2. The first kappa shape index (κ1) is 24.0. The summed E-state index contributed by atoms with van der Waals surface area (Å²) < 4.78 is 13.0. The molecule has 0 spiro atoms. The largest absolute Gasteiger partial charge is 0.497 e. The van der Waals surface area contributed by atoms with Gasteiger partial charge in [0.15, 0.2) is 5.69 Å². The fourth-order valence-corrected chi connectivity index (χ4v) is 4.98. The molecular formula is C27H31N5O4. The molecule has 36 heavy (non-hydrogen) atoms. The summed E-state index contributed by atoms with van der Waals surface area (Å²) in [6.07, 6.45) is 1.06. The predicted molar refractivity (Wildman–Crippen MR) is 134 cm³/mol. The molecule has 9 heteroatoms. The molecule has 1 atom stereocenters. The van der Waals surface area contributed by atoms with Crippen molar-refractivity contribution in [2.75, 3.05) is 25.5 Å². The van der Waals surface area contributed by atoms with Crippen LogP contribution in [0.25, 0.3) is 0 Å². The number of benzene rings is 2. The lowest BCUT2D eigenvalue weighted by Gasteiger charge is -2.31. The number of rotatable bonds is 5. The van der Waals surface area contributed by atoms with Crippen molar-refractivity contribution in [2.24, 2.45) is 5.92 Å². The third kappa shape index (κ3) is 4.97. The Balaban J connectivity index is 1.18. The zero-order valence-corrected chi connectivity index (χ0v) is 20.9. The lowest BCUT2D eigenvalue weighted by molar-refractivity contribution is -0.121. The van der Waals surface area contributed by atoms with Gasteiger partial charge < -0.3 is 19.7 Å². The van der Waals surface area contributed by atoms with E-state index >= 15 is 0 Å². The van der Waals surface area contributed by atoms with Gasteiger partial charge in [0.2, 0.25) is 5.91 Å². The third-order valence-electron chi connectivity index (χ3n) is 6.93. The fourth-order valence-electron chi connectivity index (χ4n) is 4.98. The quantitative estimate of drug-likeness (QED) is 0.587. The summed E-state index contributed by atoms with van der Waals surface area (Å²) in [7, 11) is 1.63. The molecule has 1 fully saturated rings. The molecule has 1 saturated heterocycles. The van der Waals surface area contributed by atoms with Crippen LogP contribution < -0.4 is 10.1 Å². The Kier molecular flexibility index (Phi) is 6.73. The molecule has 3 heterocycles. The average molecular weight is 490 g/mol. The van der Waals surface area contributed by atoms with Crippen molar-refractivity contribution in [3.05, 3.63) is 70.5 Å². The molecule has 2 aromatic carbocycles. The van der Waals surface area contributed by atoms with Crippen molar-refractivity contribution in [2.45, 2.75) is 45.9 Å². The number of nitrogens with one attached hydrogen (secondary N) is 1.